The molecule has 0 spiro atoms. The van der Waals surface area contributed by atoms with Crippen LogP contribution in [0.5, 0.6) is 5.88 Å². The Bertz CT molecular complexity index is 1030. The molecule has 138 valence electrons. The van der Waals surface area contributed by atoms with Gasteiger partial charge in [0.15, 0.2) is 0 Å². The van der Waals surface area contributed by atoms with E-state index in [1.807, 2.05) is 27.0 Å². The highest BCUT2D eigenvalue weighted by atomic mass is 16.5. The third kappa shape index (κ3) is 3.74. The number of aromatic nitrogens is 4. The van der Waals surface area contributed by atoms with Crippen molar-refractivity contribution in [1.82, 2.24) is 19.9 Å². The van der Waals surface area contributed by atoms with E-state index in [1.165, 1.54) is 5.56 Å². The Morgan fingerprint density at radius 2 is 2.00 bits per heavy atom. The van der Waals surface area contributed by atoms with E-state index in [4.69, 9.17) is 4.74 Å². The lowest BCUT2D eigenvalue weighted by molar-refractivity contribution is 0.285. The lowest BCUT2D eigenvalue weighted by atomic mass is 10.1. The number of nitrogens with one attached hydrogen (secondary N) is 1. The van der Waals surface area contributed by atoms with E-state index in [2.05, 4.69) is 32.1 Å². The molecule has 0 radical (unpaired) electrons. The third-order valence-corrected chi connectivity index (χ3v) is 4.97. The zero-order chi connectivity index (χ0) is 19.0. The van der Waals surface area contributed by atoms with Gasteiger partial charge >= 0.3 is 0 Å². The summed E-state index contributed by atoms with van der Waals surface area (Å²) in [5, 5.41) is 0. The summed E-state index contributed by atoms with van der Waals surface area (Å²) < 4.78 is 6.08. The molecule has 0 saturated heterocycles. The van der Waals surface area contributed by atoms with Crippen LogP contribution in [-0.2, 0) is 0 Å². The highest BCUT2D eigenvalue weighted by Gasteiger charge is 2.40. The number of H-pyrrole nitrogens is 1. The molecule has 3 heterocycles. The number of hydrogen-bond acceptors (Lipinski definition) is 5. The fraction of sp³-hybridized carbons (Fsp3) is 0.333. The summed E-state index contributed by atoms with van der Waals surface area (Å²) in [5.41, 5.74) is 4.62. The van der Waals surface area contributed by atoms with Crippen molar-refractivity contribution in [3.8, 4) is 17.0 Å². The Labute approximate surface area is 157 Å². The predicted octanol–water partition coefficient (Wildman–Crippen LogP) is 3.33. The standard InChI is InChI=1S/C21H22N4O2/c1-12-4-5-19(23-8-12)17-6-15(17)11-27-21-18(10-22-14(3)25-21)16-7-20(26)24-9-13(16)2/h4-5,7-10,15,17H,6,11H2,1-3H3,(H,24,26)/t15-,17+/m1/s1. The minimum absolute atomic E-state index is 0.158. The molecule has 1 aliphatic rings. The Kier molecular flexibility index (Phi) is 4.48. The summed E-state index contributed by atoms with van der Waals surface area (Å²) in [6.07, 6.45) is 6.40. The highest BCUT2D eigenvalue weighted by Crippen LogP contribution is 2.47. The number of nitrogens with zero attached hydrogens (tertiary/aromatic N) is 3. The summed E-state index contributed by atoms with van der Waals surface area (Å²) in [7, 11) is 0. The molecule has 3 aromatic heterocycles. The van der Waals surface area contributed by atoms with Gasteiger partial charge in [0.05, 0.1) is 12.2 Å². The molecule has 0 bridgehead atoms. The number of hydrogen-bond donors (Lipinski definition) is 1. The van der Waals surface area contributed by atoms with Gasteiger partial charge in [0.2, 0.25) is 11.4 Å². The normalized spacial score (nSPS) is 18.3. The summed E-state index contributed by atoms with van der Waals surface area (Å²) in [6, 6.07) is 5.76. The van der Waals surface area contributed by atoms with Gasteiger partial charge in [-0.15, -0.1) is 0 Å². The third-order valence-electron chi connectivity index (χ3n) is 4.97. The number of pyridine rings is 2. The molecule has 1 saturated carbocycles. The number of aryl methyl sites for hydroxylation is 3. The van der Waals surface area contributed by atoms with Crippen molar-refractivity contribution < 1.29 is 4.74 Å². The Morgan fingerprint density at radius 1 is 1.15 bits per heavy atom. The maximum absolute atomic E-state index is 11.7. The van der Waals surface area contributed by atoms with Crippen LogP contribution >= 0.6 is 0 Å². The Balaban J connectivity index is 1.53. The van der Waals surface area contributed by atoms with Crippen LogP contribution in [-0.4, -0.2) is 26.5 Å². The van der Waals surface area contributed by atoms with Crippen molar-refractivity contribution in [1.29, 1.82) is 0 Å². The molecule has 1 fully saturated rings. The van der Waals surface area contributed by atoms with E-state index in [-0.39, 0.29) is 5.56 Å². The van der Waals surface area contributed by atoms with Gasteiger partial charge in [-0.05, 0) is 49.9 Å². The zero-order valence-corrected chi connectivity index (χ0v) is 15.7. The van der Waals surface area contributed by atoms with Gasteiger partial charge < -0.3 is 9.72 Å². The molecule has 0 unspecified atom stereocenters. The smallest absolute Gasteiger partial charge is 0.248 e. The lowest BCUT2D eigenvalue weighted by Crippen LogP contribution is -2.08. The minimum Gasteiger partial charge on any atom is -0.477 e. The largest absolute Gasteiger partial charge is 0.477 e. The molecule has 0 aliphatic heterocycles. The summed E-state index contributed by atoms with van der Waals surface area (Å²) >= 11 is 0. The summed E-state index contributed by atoms with van der Waals surface area (Å²) in [5.74, 6) is 2.05. The zero-order valence-electron chi connectivity index (χ0n) is 15.7. The Morgan fingerprint density at radius 3 is 2.78 bits per heavy atom. The molecular weight excluding hydrogens is 340 g/mol. The maximum atomic E-state index is 11.7. The van der Waals surface area contributed by atoms with Crippen LogP contribution in [0, 0.1) is 26.7 Å². The van der Waals surface area contributed by atoms with Crippen LogP contribution in [0.2, 0.25) is 0 Å². The van der Waals surface area contributed by atoms with E-state index >= 15 is 0 Å². The summed E-state index contributed by atoms with van der Waals surface area (Å²) in [4.78, 5) is 27.7. The van der Waals surface area contributed by atoms with Crippen molar-refractivity contribution in [2.24, 2.45) is 5.92 Å². The van der Waals surface area contributed by atoms with Crippen LogP contribution in [0.4, 0.5) is 0 Å². The molecule has 0 amide bonds. The monoisotopic (exact) mass is 362 g/mol. The first-order valence-corrected chi connectivity index (χ1v) is 9.10. The van der Waals surface area contributed by atoms with Gasteiger partial charge in [-0.3, -0.25) is 9.78 Å². The van der Waals surface area contributed by atoms with Gasteiger partial charge in [0.1, 0.15) is 5.82 Å². The Hall–Kier alpha value is -3.02. The van der Waals surface area contributed by atoms with E-state index in [0.29, 0.717) is 30.1 Å². The average molecular weight is 362 g/mol. The van der Waals surface area contributed by atoms with Gasteiger partial charge in [-0.2, -0.15) is 4.98 Å². The van der Waals surface area contributed by atoms with Crippen LogP contribution in [0.3, 0.4) is 0 Å². The molecule has 0 aromatic carbocycles. The first-order valence-electron chi connectivity index (χ1n) is 9.10. The fourth-order valence-corrected chi connectivity index (χ4v) is 3.26. The first-order chi connectivity index (χ1) is 13.0. The maximum Gasteiger partial charge on any atom is 0.248 e. The fourth-order valence-electron chi connectivity index (χ4n) is 3.26. The molecule has 27 heavy (non-hydrogen) atoms. The predicted molar refractivity (Wildman–Crippen MR) is 103 cm³/mol. The quantitative estimate of drug-likeness (QED) is 0.753. The second kappa shape index (κ2) is 6.95. The van der Waals surface area contributed by atoms with Crippen LogP contribution < -0.4 is 10.3 Å². The average Bonchev–Trinajstić information content (AvgIpc) is 3.43. The SMILES string of the molecule is Cc1ccc([C@H]2C[C@@H]2COc2nc(C)ncc2-c2cc(=O)[nH]cc2C)nc1. The minimum atomic E-state index is -0.158. The van der Waals surface area contributed by atoms with Crippen molar-refractivity contribution in [2.45, 2.75) is 33.1 Å². The molecule has 6 nitrogen and oxygen atoms in total. The summed E-state index contributed by atoms with van der Waals surface area (Å²) in [6.45, 7) is 6.39. The second-order valence-electron chi connectivity index (χ2n) is 7.20. The van der Waals surface area contributed by atoms with Gasteiger partial charge in [-0.1, -0.05) is 6.07 Å². The van der Waals surface area contributed by atoms with E-state index in [1.54, 1.807) is 18.5 Å². The molecule has 2 atom stereocenters. The molecule has 1 aliphatic carbocycles. The molecule has 1 N–H and O–H groups in total. The topological polar surface area (TPSA) is 80.8 Å². The van der Waals surface area contributed by atoms with Crippen molar-refractivity contribution in [3.05, 3.63) is 69.8 Å². The van der Waals surface area contributed by atoms with Gasteiger partial charge in [-0.25, -0.2) is 4.98 Å². The van der Waals surface area contributed by atoms with Crippen LogP contribution in [0.25, 0.3) is 11.1 Å². The number of rotatable bonds is 5. The lowest BCUT2D eigenvalue weighted by Gasteiger charge is -2.12. The van der Waals surface area contributed by atoms with E-state index in [9.17, 15) is 4.79 Å². The molecule has 3 aromatic rings. The molecule has 6 heteroatoms. The van der Waals surface area contributed by atoms with Crippen molar-refractivity contribution in [3.63, 3.8) is 0 Å². The van der Waals surface area contributed by atoms with Crippen LogP contribution in [0.15, 0.2) is 41.6 Å². The first kappa shape index (κ1) is 17.4. The highest BCUT2D eigenvalue weighted by molar-refractivity contribution is 5.70. The van der Waals surface area contributed by atoms with Gasteiger partial charge in [0.25, 0.3) is 0 Å². The number of ether oxygens (including phenoxy) is 1. The second-order valence-corrected chi connectivity index (χ2v) is 7.20. The van der Waals surface area contributed by atoms with E-state index in [0.717, 1.165) is 28.8 Å². The van der Waals surface area contributed by atoms with E-state index < -0.39 is 0 Å². The number of aromatic amines is 1. The molecule has 4 rings (SSSR count). The van der Waals surface area contributed by atoms with Gasteiger partial charge in [0, 0.05) is 42.2 Å². The molecular formula is C21H22N4O2. The van der Waals surface area contributed by atoms with Crippen molar-refractivity contribution in [2.75, 3.05) is 6.61 Å². The van der Waals surface area contributed by atoms with Crippen LogP contribution in [0.1, 0.15) is 35.0 Å². The van der Waals surface area contributed by atoms with Crippen molar-refractivity contribution >= 4 is 0 Å².